The van der Waals surface area contributed by atoms with Crippen molar-refractivity contribution in [3.8, 4) is 5.69 Å². The normalized spacial score (nSPS) is 11.3. The summed E-state index contributed by atoms with van der Waals surface area (Å²) in [5.74, 6) is -0.247. The van der Waals surface area contributed by atoms with Gasteiger partial charge in [0, 0.05) is 34.6 Å². The Balaban J connectivity index is 1.58. The predicted molar refractivity (Wildman–Crippen MR) is 104 cm³/mol. The number of H-pyrrole nitrogens is 1. The minimum absolute atomic E-state index is 0.247. The minimum atomic E-state index is -0.247. The Morgan fingerprint density at radius 2 is 1.77 bits per heavy atom. The largest absolute Gasteiger partial charge is 0.358 e. The monoisotopic (exact) mass is 342 g/mol. The van der Waals surface area contributed by atoms with Gasteiger partial charge in [0.1, 0.15) is 0 Å². The highest BCUT2D eigenvalue weighted by Gasteiger charge is 2.11. The first-order valence-electron chi connectivity index (χ1n) is 8.37. The summed E-state index contributed by atoms with van der Waals surface area (Å²) in [6.07, 6.45) is 5.50. The summed E-state index contributed by atoms with van der Waals surface area (Å²) in [5.41, 5.74) is 7.05. The van der Waals surface area contributed by atoms with E-state index in [9.17, 15) is 4.79 Å². The van der Waals surface area contributed by atoms with Crippen molar-refractivity contribution in [3.05, 3.63) is 89.9 Å². The number of fused-ring (bicyclic) bond motifs is 1. The average Bonchev–Trinajstić information content (AvgIpc) is 3.30. The fourth-order valence-corrected chi connectivity index (χ4v) is 3.07. The number of rotatable bonds is 4. The minimum Gasteiger partial charge on any atom is -0.358 e. The van der Waals surface area contributed by atoms with Crippen LogP contribution in [0.3, 0.4) is 0 Å². The molecule has 4 aromatic rings. The second kappa shape index (κ2) is 6.72. The zero-order valence-corrected chi connectivity index (χ0v) is 14.3. The number of carbonyl (C=O) groups is 1. The molecule has 2 heterocycles. The molecule has 0 aliphatic carbocycles. The van der Waals surface area contributed by atoms with Crippen LogP contribution in [0.15, 0.2) is 78.2 Å². The van der Waals surface area contributed by atoms with E-state index in [0.29, 0.717) is 5.56 Å². The number of hydrogen-bond acceptors (Lipinski definition) is 2. The van der Waals surface area contributed by atoms with Crippen molar-refractivity contribution in [1.29, 1.82) is 0 Å². The Morgan fingerprint density at radius 1 is 1.04 bits per heavy atom. The molecule has 4 rings (SSSR count). The van der Waals surface area contributed by atoms with E-state index in [-0.39, 0.29) is 5.91 Å². The molecule has 0 radical (unpaired) electrons. The third kappa shape index (κ3) is 2.91. The lowest BCUT2D eigenvalue weighted by molar-refractivity contribution is 0.0955. The lowest BCUT2D eigenvalue weighted by Crippen LogP contribution is -2.19. The van der Waals surface area contributed by atoms with Gasteiger partial charge >= 0.3 is 0 Å². The number of hydrogen-bond donors (Lipinski definition) is 2. The number of aromatic amines is 1. The molecule has 0 saturated heterocycles. The molecule has 0 unspecified atom stereocenters. The maximum atomic E-state index is 12.6. The summed E-state index contributed by atoms with van der Waals surface area (Å²) < 4.78 is 1.91. The average molecular weight is 342 g/mol. The first kappa shape index (κ1) is 15.9. The molecule has 0 spiro atoms. The third-order valence-electron chi connectivity index (χ3n) is 4.33. The zero-order valence-electron chi connectivity index (χ0n) is 14.3. The fraction of sp³-hybridized carbons (Fsp3) is 0.0476. The van der Waals surface area contributed by atoms with Gasteiger partial charge in [0.05, 0.1) is 17.5 Å². The number of benzene rings is 2. The Hall–Kier alpha value is -3.60. The van der Waals surface area contributed by atoms with Gasteiger partial charge in [0.15, 0.2) is 0 Å². The Bertz CT molecular complexity index is 1090. The summed E-state index contributed by atoms with van der Waals surface area (Å²) in [6.45, 7) is 1.99. The van der Waals surface area contributed by atoms with Crippen LogP contribution in [0.5, 0.6) is 0 Å². The van der Waals surface area contributed by atoms with E-state index in [1.807, 2.05) is 78.5 Å². The molecule has 2 N–H and O–H groups in total. The van der Waals surface area contributed by atoms with E-state index in [4.69, 9.17) is 0 Å². The zero-order chi connectivity index (χ0) is 17.9. The Kier molecular flexibility index (Phi) is 4.11. The second-order valence-electron chi connectivity index (χ2n) is 6.02. The Labute approximate surface area is 151 Å². The molecular formula is C21H18N4O. The first-order chi connectivity index (χ1) is 12.7. The van der Waals surface area contributed by atoms with Crippen LogP contribution in [-0.2, 0) is 0 Å². The molecule has 26 heavy (non-hydrogen) atoms. The highest BCUT2D eigenvalue weighted by Crippen LogP contribution is 2.20. The number of aromatic nitrogens is 2. The molecule has 0 saturated carbocycles. The SMILES string of the molecule is Cc1[nH]c2ccccc2c1C=NNC(=O)c1ccccc1-n1cccc1. The topological polar surface area (TPSA) is 62.2 Å². The van der Waals surface area contributed by atoms with E-state index in [1.54, 1.807) is 12.3 Å². The van der Waals surface area contributed by atoms with Crippen LogP contribution in [0, 0.1) is 6.92 Å². The lowest BCUT2D eigenvalue weighted by atomic mass is 10.1. The molecule has 5 heteroatoms. The first-order valence-corrected chi connectivity index (χ1v) is 8.37. The van der Waals surface area contributed by atoms with Crippen LogP contribution in [-0.4, -0.2) is 21.7 Å². The molecule has 0 fully saturated rings. The molecule has 0 aliphatic heterocycles. The lowest BCUT2D eigenvalue weighted by Gasteiger charge is -2.08. The van der Waals surface area contributed by atoms with Gasteiger partial charge in [0.25, 0.3) is 5.91 Å². The molecule has 0 aliphatic rings. The highest BCUT2D eigenvalue weighted by molar-refractivity contribution is 6.02. The quantitative estimate of drug-likeness (QED) is 0.427. The van der Waals surface area contributed by atoms with Gasteiger partial charge in [-0.1, -0.05) is 30.3 Å². The molecule has 2 aromatic heterocycles. The van der Waals surface area contributed by atoms with E-state index in [2.05, 4.69) is 15.5 Å². The standard InChI is InChI=1S/C21H18N4O/c1-15-18(16-8-2-4-10-19(16)23-15)14-22-24-21(26)17-9-3-5-11-20(17)25-12-6-7-13-25/h2-14,23H,1H3,(H,24,26). The van der Waals surface area contributed by atoms with Gasteiger partial charge in [-0.3, -0.25) is 4.79 Å². The molecule has 1 amide bonds. The maximum Gasteiger partial charge on any atom is 0.273 e. The van der Waals surface area contributed by atoms with E-state index in [1.165, 1.54) is 0 Å². The van der Waals surface area contributed by atoms with Crippen molar-refractivity contribution >= 4 is 23.0 Å². The fourth-order valence-electron chi connectivity index (χ4n) is 3.07. The van der Waals surface area contributed by atoms with E-state index >= 15 is 0 Å². The molecule has 0 atom stereocenters. The molecule has 0 bridgehead atoms. The van der Waals surface area contributed by atoms with Crippen LogP contribution in [0.2, 0.25) is 0 Å². The molecule has 2 aromatic carbocycles. The van der Waals surface area contributed by atoms with Crippen molar-refractivity contribution in [2.45, 2.75) is 6.92 Å². The van der Waals surface area contributed by atoms with E-state index in [0.717, 1.165) is 27.8 Å². The van der Waals surface area contributed by atoms with Crippen molar-refractivity contribution in [1.82, 2.24) is 15.0 Å². The molecule has 5 nitrogen and oxygen atoms in total. The van der Waals surface area contributed by atoms with Crippen molar-refractivity contribution in [3.63, 3.8) is 0 Å². The van der Waals surface area contributed by atoms with Gasteiger partial charge in [-0.2, -0.15) is 5.10 Å². The smallest absolute Gasteiger partial charge is 0.273 e. The summed E-state index contributed by atoms with van der Waals surface area (Å²) in [7, 11) is 0. The number of carbonyl (C=O) groups excluding carboxylic acids is 1. The Morgan fingerprint density at radius 3 is 2.62 bits per heavy atom. The summed E-state index contributed by atoms with van der Waals surface area (Å²) in [4.78, 5) is 15.9. The molecular weight excluding hydrogens is 324 g/mol. The number of hydrazone groups is 1. The summed E-state index contributed by atoms with van der Waals surface area (Å²) >= 11 is 0. The van der Waals surface area contributed by atoms with Crippen molar-refractivity contribution < 1.29 is 4.79 Å². The van der Waals surface area contributed by atoms with Crippen LogP contribution < -0.4 is 5.43 Å². The number of nitrogens with zero attached hydrogens (tertiary/aromatic N) is 2. The summed E-state index contributed by atoms with van der Waals surface area (Å²) in [5, 5.41) is 5.25. The van der Waals surface area contributed by atoms with Crippen LogP contribution in [0.25, 0.3) is 16.6 Å². The van der Waals surface area contributed by atoms with Gasteiger partial charge in [-0.25, -0.2) is 5.43 Å². The number of nitrogens with one attached hydrogen (secondary N) is 2. The van der Waals surface area contributed by atoms with Crippen molar-refractivity contribution in [2.75, 3.05) is 0 Å². The van der Waals surface area contributed by atoms with Gasteiger partial charge < -0.3 is 9.55 Å². The van der Waals surface area contributed by atoms with Crippen LogP contribution in [0.4, 0.5) is 0 Å². The third-order valence-corrected chi connectivity index (χ3v) is 4.33. The van der Waals surface area contributed by atoms with E-state index < -0.39 is 0 Å². The van der Waals surface area contributed by atoms with Crippen LogP contribution >= 0.6 is 0 Å². The van der Waals surface area contributed by atoms with Crippen LogP contribution in [0.1, 0.15) is 21.6 Å². The highest BCUT2D eigenvalue weighted by atomic mass is 16.2. The number of aryl methyl sites for hydroxylation is 1. The van der Waals surface area contributed by atoms with Gasteiger partial charge in [-0.15, -0.1) is 0 Å². The summed E-state index contributed by atoms with van der Waals surface area (Å²) in [6, 6.07) is 19.3. The van der Waals surface area contributed by atoms with Gasteiger partial charge in [-0.05, 0) is 37.3 Å². The predicted octanol–water partition coefficient (Wildman–Crippen LogP) is 4.03. The van der Waals surface area contributed by atoms with Crippen molar-refractivity contribution in [2.24, 2.45) is 5.10 Å². The number of amides is 1. The van der Waals surface area contributed by atoms with Gasteiger partial charge in [0.2, 0.25) is 0 Å². The maximum absolute atomic E-state index is 12.6. The number of para-hydroxylation sites is 2. The molecule has 128 valence electrons. The second-order valence-corrected chi connectivity index (χ2v) is 6.02.